The zero-order valence-electron chi connectivity index (χ0n) is 11.5. The van der Waals surface area contributed by atoms with Crippen molar-refractivity contribution in [1.29, 1.82) is 0 Å². The molecule has 2 rings (SSSR count). The van der Waals surface area contributed by atoms with E-state index < -0.39 is 0 Å². The first-order valence-corrected chi connectivity index (χ1v) is 6.74. The van der Waals surface area contributed by atoms with Crippen molar-refractivity contribution in [3.05, 3.63) is 30.1 Å². The summed E-state index contributed by atoms with van der Waals surface area (Å²) in [6.45, 7) is 8.96. The first-order valence-electron chi connectivity index (χ1n) is 6.74. The molecule has 0 atom stereocenters. The van der Waals surface area contributed by atoms with Gasteiger partial charge >= 0.3 is 0 Å². The summed E-state index contributed by atoms with van der Waals surface area (Å²) in [6.07, 6.45) is 0.957. The Hall–Kier alpha value is -1.35. The SMILES string of the molecule is CCc1nc2ccccc2n1CCOCC(C)C. The van der Waals surface area contributed by atoms with Gasteiger partial charge in [0.05, 0.1) is 17.6 Å². The molecule has 0 bridgehead atoms. The number of para-hydroxylation sites is 2. The van der Waals surface area contributed by atoms with Crippen LogP contribution in [0.5, 0.6) is 0 Å². The van der Waals surface area contributed by atoms with E-state index in [2.05, 4.69) is 48.5 Å². The summed E-state index contributed by atoms with van der Waals surface area (Å²) in [5.74, 6) is 1.74. The van der Waals surface area contributed by atoms with E-state index in [1.807, 2.05) is 6.07 Å². The van der Waals surface area contributed by atoms with E-state index in [0.29, 0.717) is 5.92 Å². The predicted molar refractivity (Wildman–Crippen MR) is 74.8 cm³/mol. The summed E-state index contributed by atoms with van der Waals surface area (Å²) in [7, 11) is 0. The molecular formula is C15H22N2O. The fourth-order valence-electron chi connectivity index (χ4n) is 2.12. The van der Waals surface area contributed by atoms with Crippen LogP contribution < -0.4 is 0 Å². The molecule has 0 N–H and O–H groups in total. The van der Waals surface area contributed by atoms with E-state index in [9.17, 15) is 0 Å². The number of hydrogen-bond donors (Lipinski definition) is 0. The molecule has 1 aromatic heterocycles. The third kappa shape index (κ3) is 2.91. The minimum atomic E-state index is 0.593. The molecule has 0 saturated carbocycles. The van der Waals surface area contributed by atoms with Crippen molar-refractivity contribution in [2.24, 2.45) is 5.92 Å². The lowest BCUT2D eigenvalue weighted by Crippen LogP contribution is -2.11. The summed E-state index contributed by atoms with van der Waals surface area (Å²) in [5, 5.41) is 0. The van der Waals surface area contributed by atoms with Gasteiger partial charge in [-0.2, -0.15) is 0 Å². The zero-order chi connectivity index (χ0) is 13.0. The molecule has 1 heterocycles. The molecule has 0 fully saturated rings. The Balaban J connectivity index is 2.10. The van der Waals surface area contributed by atoms with E-state index >= 15 is 0 Å². The maximum atomic E-state index is 5.67. The third-order valence-corrected chi connectivity index (χ3v) is 2.96. The van der Waals surface area contributed by atoms with Crippen molar-refractivity contribution in [3.63, 3.8) is 0 Å². The summed E-state index contributed by atoms with van der Waals surface area (Å²) >= 11 is 0. The number of nitrogens with zero attached hydrogens (tertiary/aromatic N) is 2. The van der Waals surface area contributed by atoms with Crippen molar-refractivity contribution in [2.45, 2.75) is 33.7 Å². The number of imidazole rings is 1. The Morgan fingerprint density at radius 3 is 2.78 bits per heavy atom. The lowest BCUT2D eigenvalue weighted by Gasteiger charge is -2.10. The average molecular weight is 246 g/mol. The van der Waals surface area contributed by atoms with Gasteiger partial charge in [-0.25, -0.2) is 4.98 Å². The molecule has 0 saturated heterocycles. The number of aryl methyl sites for hydroxylation is 1. The number of aromatic nitrogens is 2. The summed E-state index contributed by atoms with van der Waals surface area (Å²) in [5.41, 5.74) is 2.29. The number of ether oxygens (including phenoxy) is 1. The van der Waals surface area contributed by atoms with Gasteiger partial charge in [-0.3, -0.25) is 0 Å². The molecule has 2 aromatic rings. The molecular weight excluding hydrogens is 224 g/mol. The second kappa shape index (κ2) is 6.01. The van der Waals surface area contributed by atoms with Gasteiger partial charge in [-0.1, -0.05) is 32.9 Å². The quantitative estimate of drug-likeness (QED) is 0.731. The van der Waals surface area contributed by atoms with Crippen LogP contribution in [0.2, 0.25) is 0 Å². The Morgan fingerprint density at radius 2 is 2.06 bits per heavy atom. The maximum Gasteiger partial charge on any atom is 0.109 e. The van der Waals surface area contributed by atoms with Crippen molar-refractivity contribution in [1.82, 2.24) is 9.55 Å². The number of benzene rings is 1. The van der Waals surface area contributed by atoms with Crippen LogP contribution >= 0.6 is 0 Å². The van der Waals surface area contributed by atoms with E-state index in [-0.39, 0.29) is 0 Å². The predicted octanol–water partition coefficient (Wildman–Crippen LogP) is 3.27. The molecule has 0 unspecified atom stereocenters. The minimum absolute atomic E-state index is 0.593. The highest BCUT2D eigenvalue weighted by atomic mass is 16.5. The Bertz CT molecular complexity index is 502. The normalized spacial score (nSPS) is 11.6. The van der Waals surface area contributed by atoms with Crippen LogP contribution in [-0.4, -0.2) is 22.8 Å². The smallest absolute Gasteiger partial charge is 0.109 e. The van der Waals surface area contributed by atoms with Crippen LogP contribution in [0.1, 0.15) is 26.6 Å². The van der Waals surface area contributed by atoms with Gasteiger partial charge in [0.15, 0.2) is 0 Å². The van der Waals surface area contributed by atoms with Crippen molar-refractivity contribution in [3.8, 4) is 0 Å². The maximum absolute atomic E-state index is 5.67. The van der Waals surface area contributed by atoms with Crippen molar-refractivity contribution < 1.29 is 4.74 Å². The van der Waals surface area contributed by atoms with Crippen LogP contribution in [0.3, 0.4) is 0 Å². The molecule has 0 spiro atoms. The number of hydrogen-bond acceptors (Lipinski definition) is 2. The summed E-state index contributed by atoms with van der Waals surface area (Å²) in [6, 6.07) is 8.30. The monoisotopic (exact) mass is 246 g/mol. The highest BCUT2D eigenvalue weighted by Crippen LogP contribution is 2.16. The molecule has 3 nitrogen and oxygen atoms in total. The van der Waals surface area contributed by atoms with Gasteiger partial charge < -0.3 is 9.30 Å². The van der Waals surface area contributed by atoms with E-state index in [4.69, 9.17) is 4.74 Å². The van der Waals surface area contributed by atoms with Gasteiger partial charge in [0.1, 0.15) is 5.82 Å². The first kappa shape index (κ1) is 13.1. The van der Waals surface area contributed by atoms with Crippen LogP contribution in [0.25, 0.3) is 11.0 Å². The van der Waals surface area contributed by atoms with Gasteiger partial charge in [0.25, 0.3) is 0 Å². The molecule has 0 amide bonds. The topological polar surface area (TPSA) is 27.1 Å². The van der Waals surface area contributed by atoms with Gasteiger partial charge in [-0.05, 0) is 18.1 Å². The molecule has 0 aliphatic heterocycles. The van der Waals surface area contributed by atoms with Crippen molar-refractivity contribution in [2.75, 3.05) is 13.2 Å². The van der Waals surface area contributed by atoms with E-state index in [1.165, 1.54) is 5.52 Å². The molecule has 18 heavy (non-hydrogen) atoms. The molecule has 98 valence electrons. The van der Waals surface area contributed by atoms with Crippen LogP contribution in [0, 0.1) is 5.92 Å². The highest BCUT2D eigenvalue weighted by Gasteiger charge is 2.08. The largest absolute Gasteiger partial charge is 0.379 e. The highest BCUT2D eigenvalue weighted by molar-refractivity contribution is 5.75. The zero-order valence-corrected chi connectivity index (χ0v) is 11.5. The average Bonchev–Trinajstić information content (AvgIpc) is 2.72. The van der Waals surface area contributed by atoms with E-state index in [0.717, 1.165) is 37.5 Å². The fourth-order valence-corrected chi connectivity index (χ4v) is 2.12. The third-order valence-electron chi connectivity index (χ3n) is 2.96. The minimum Gasteiger partial charge on any atom is -0.379 e. The Morgan fingerprint density at radius 1 is 1.28 bits per heavy atom. The molecule has 0 aliphatic rings. The first-order chi connectivity index (χ1) is 8.72. The van der Waals surface area contributed by atoms with Crippen LogP contribution in [-0.2, 0) is 17.7 Å². The Kier molecular flexibility index (Phi) is 4.37. The summed E-state index contributed by atoms with van der Waals surface area (Å²) in [4.78, 5) is 4.65. The van der Waals surface area contributed by atoms with Gasteiger partial charge in [0.2, 0.25) is 0 Å². The Labute approximate surface area is 109 Å². The van der Waals surface area contributed by atoms with Crippen LogP contribution in [0.15, 0.2) is 24.3 Å². The summed E-state index contributed by atoms with van der Waals surface area (Å²) < 4.78 is 7.94. The second-order valence-electron chi connectivity index (χ2n) is 4.99. The number of rotatable bonds is 6. The molecule has 1 aromatic carbocycles. The fraction of sp³-hybridized carbons (Fsp3) is 0.533. The van der Waals surface area contributed by atoms with Gasteiger partial charge in [0, 0.05) is 19.6 Å². The second-order valence-corrected chi connectivity index (χ2v) is 4.99. The lowest BCUT2D eigenvalue weighted by atomic mass is 10.2. The molecule has 3 heteroatoms. The molecule has 0 aliphatic carbocycles. The van der Waals surface area contributed by atoms with Gasteiger partial charge in [-0.15, -0.1) is 0 Å². The number of fused-ring (bicyclic) bond motifs is 1. The lowest BCUT2D eigenvalue weighted by molar-refractivity contribution is 0.103. The molecule has 0 radical (unpaired) electrons. The van der Waals surface area contributed by atoms with E-state index in [1.54, 1.807) is 0 Å². The standard InChI is InChI=1S/C15H22N2O/c1-4-15-16-13-7-5-6-8-14(13)17(15)9-10-18-11-12(2)3/h5-8,12H,4,9-11H2,1-3H3. The van der Waals surface area contributed by atoms with Crippen LogP contribution in [0.4, 0.5) is 0 Å². The van der Waals surface area contributed by atoms with Crippen molar-refractivity contribution >= 4 is 11.0 Å².